The summed E-state index contributed by atoms with van der Waals surface area (Å²) in [5.74, 6) is -2.46. The van der Waals surface area contributed by atoms with Crippen LogP contribution < -0.4 is 10.5 Å². The molecule has 2 rings (SSSR count). The van der Waals surface area contributed by atoms with Crippen molar-refractivity contribution in [3.05, 3.63) is 53.1 Å². The number of sulfonamides is 1. The second kappa shape index (κ2) is 5.33. The van der Waals surface area contributed by atoms with Crippen molar-refractivity contribution in [1.82, 2.24) is 0 Å². The van der Waals surface area contributed by atoms with E-state index in [0.29, 0.717) is 0 Å². The zero-order valence-corrected chi connectivity index (χ0v) is 12.3. The average molecular weight is 312 g/mol. The van der Waals surface area contributed by atoms with Crippen LogP contribution in [-0.2, 0) is 10.0 Å². The molecule has 0 aliphatic heterocycles. The standard InChI is InChI=1S/C14H14F2N2O2S/c1-8-3-9(2)5-11(4-8)18-21(19,20)14-12(15)6-10(17)7-13(14)16/h3-7,18H,17H2,1-2H3. The summed E-state index contributed by atoms with van der Waals surface area (Å²) in [6.07, 6.45) is 0. The topological polar surface area (TPSA) is 72.2 Å². The molecule has 0 atom stereocenters. The molecule has 0 amide bonds. The van der Waals surface area contributed by atoms with Gasteiger partial charge >= 0.3 is 0 Å². The Morgan fingerprint density at radius 1 is 0.952 bits per heavy atom. The van der Waals surface area contributed by atoms with Gasteiger partial charge in [-0.05, 0) is 49.2 Å². The van der Waals surface area contributed by atoms with Crippen molar-refractivity contribution in [3.63, 3.8) is 0 Å². The van der Waals surface area contributed by atoms with E-state index in [9.17, 15) is 17.2 Å². The lowest BCUT2D eigenvalue weighted by Crippen LogP contribution is -2.17. The Hall–Kier alpha value is -2.15. The Morgan fingerprint density at radius 2 is 1.43 bits per heavy atom. The number of rotatable bonds is 3. The molecule has 0 heterocycles. The van der Waals surface area contributed by atoms with E-state index in [1.165, 1.54) is 0 Å². The van der Waals surface area contributed by atoms with Gasteiger partial charge in [0.25, 0.3) is 10.0 Å². The number of hydrogen-bond acceptors (Lipinski definition) is 3. The molecule has 0 aliphatic carbocycles. The third-order valence-electron chi connectivity index (χ3n) is 2.76. The molecule has 0 fully saturated rings. The van der Waals surface area contributed by atoms with E-state index in [4.69, 9.17) is 5.73 Å². The Bertz CT molecular complexity index is 761. The summed E-state index contributed by atoms with van der Waals surface area (Å²) < 4.78 is 53.9. The SMILES string of the molecule is Cc1cc(C)cc(NS(=O)(=O)c2c(F)cc(N)cc2F)c1. The van der Waals surface area contributed by atoms with Crippen molar-refractivity contribution in [1.29, 1.82) is 0 Å². The highest BCUT2D eigenvalue weighted by Gasteiger charge is 2.24. The number of anilines is 2. The fourth-order valence-electron chi connectivity index (χ4n) is 2.08. The van der Waals surface area contributed by atoms with Crippen LogP contribution >= 0.6 is 0 Å². The number of hydrogen-bond donors (Lipinski definition) is 2. The summed E-state index contributed by atoms with van der Waals surface area (Å²) >= 11 is 0. The first kappa shape index (κ1) is 15.2. The van der Waals surface area contributed by atoms with E-state index in [1.54, 1.807) is 26.0 Å². The monoisotopic (exact) mass is 312 g/mol. The summed E-state index contributed by atoms with van der Waals surface area (Å²) in [5.41, 5.74) is 6.97. The van der Waals surface area contributed by atoms with Crippen LogP contribution in [0.2, 0.25) is 0 Å². The van der Waals surface area contributed by atoms with Gasteiger partial charge in [0.1, 0.15) is 11.6 Å². The minimum Gasteiger partial charge on any atom is -0.399 e. The number of benzene rings is 2. The van der Waals surface area contributed by atoms with Gasteiger partial charge in [0.2, 0.25) is 0 Å². The average Bonchev–Trinajstić information content (AvgIpc) is 2.23. The van der Waals surface area contributed by atoms with Crippen molar-refractivity contribution in [2.24, 2.45) is 0 Å². The second-order valence-corrected chi connectivity index (χ2v) is 6.41. The smallest absolute Gasteiger partial charge is 0.267 e. The molecule has 3 N–H and O–H groups in total. The number of nitrogens with two attached hydrogens (primary N) is 1. The van der Waals surface area contributed by atoms with Gasteiger partial charge in [0, 0.05) is 11.4 Å². The first-order chi connectivity index (χ1) is 9.69. The molecule has 4 nitrogen and oxygen atoms in total. The minimum absolute atomic E-state index is 0.185. The molecule has 0 bridgehead atoms. The van der Waals surface area contributed by atoms with Crippen molar-refractivity contribution >= 4 is 21.4 Å². The largest absolute Gasteiger partial charge is 0.399 e. The Balaban J connectivity index is 2.48. The zero-order chi connectivity index (χ0) is 15.8. The van der Waals surface area contributed by atoms with Gasteiger partial charge in [0.05, 0.1) is 0 Å². The van der Waals surface area contributed by atoms with E-state index in [-0.39, 0.29) is 11.4 Å². The van der Waals surface area contributed by atoms with Crippen LogP contribution in [0.15, 0.2) is 35.2 Å². The van der Waals surface area contributed by atoms with Crippen molar-refractivity contribution in [2.75, 3.05) is 10.5 Å². The Morgan fingerprint density at radius 3 is 1.90 bits per heavy atom. The summed E-state index contributed by atoms with van der Waals surface area (Å²) in [6.45, 7) is 3.57. The van der Waals surface area contributed by atoms with Crippen LogP contribution in [0.1, 0.15) is 11.1 Å². The summed E-state index contributed by atoms with van der Waals surface area (Å²) in [6, 6.07) is 6.51. The predicted molar refractivity (Wildman–Crippen MR) is 77.5 cm³/mol. The summed E-state index contributed by atoms with van der Waals surface area (Å²) in [7, 11) is -4.38. The lowest BCUT2D eigenvalue weighted by Gasteiger charge is -2.11. The maximum atomic E-state index is 13.7. The van der Waals surface area contributed by atoms with Crippen molar-refractivity contribution in [2.45, 2.75) is 18.7 Å². The van der Waals surface area contributed by atoms with Crippen molar-refractivity contribution in [3.8, 4) is 0 Å². The van der Waals surface area contributed by atoms with Gasteiger partial charge in [-0.25, -0.2) is 17.2 Å². The lowest BCUT2D eigenvalue weighted by molar-refractivity contribution is 0.522. The van der Waals surface area contributed by atoms with Crippen molar-refractivity contribution < 1.29 is 17.2 Å². The van der Waals surface area contributed by atoms with E-state index >= 15 is 0 Å². The second-order valence-electron chi connectivity index (χ2n) is 4.80. The maximum absolute atomic E-state index is 13.7. The minimum atomic E-state index is -4.38. The summed E-state index contributed by atoms with van der Waals surface area (Å²) in [4.78, 5) is -1.05. The van der Waals surface area contributed by atoms with Crippen LogP contribution in [0.4, 0.5) is 20.2 Å². The predicted octanol–water partition coefficient (Wildman–Crippen LogP) is 2.96. The fraction of sp³-hybridized carbons (Fsp3) is 0.143. The molecule has 21 heavy (non-hydrogen) atoms. The molecular formula is C14H14F2N2O2S. The quantitative estimate of drug-likeness (QED) is 0.856. The maximum Gasteiger partial charge on any atom is 0.267 e. The van der Waals surface area contributed by atoms with Gasteiger partial charge in [-0.3, -0.25) is 4.72 Å². The molecule has 2 aromatic carbocycles. The highest BCUT2D eigenvalue weighted by molar-refractivity contribution is 7.92. The molecule has 7 heteroatoms. The normalized spacial score (nSPS) is 11.4. The number of nitrogens with one attached hydrogen (secondary N) is 1. The molecular weight excluding hydrogens is 298 g/mol. The van der Waals surface area contributed by atoms with Crippen LogP contribution in [0.25, 0.3) is 0 Å². The number of halogens is 2. The molecule has 0 saturated carbocycles. The molecule has 0 saturated heterocycles. The highest BCUT2D eigenvalue weighted by atomic mass is 32.2. The lowest BCUT2D eigenvalue weighted by atomic mass is 10.1. The molecule has 112 valence electrons. The molecule has 2 aromatic rings. The number of nitrogen functional groups attached to an aromatic ring is 1. The molecule has 0 unspecified atom stereocenters. The van der Waals surface area contributed by atoms with E-state index in [2.05, 4.69) is 4.72 Å². The Labute approximate surface area is 121 Å². The van der Waals surface area contributed by atoms with Crippen LogP contribution in [-0.4, -0.2) is 8.42 Å². The molecule has 0 aromatic heterocycles. The zero-order valence-electron chi connectivity index (χ0n) is 11.4. The van der Waals surface area contributed by atoms with E-state index in [1.807, 2.05) is 6.07 Å². The molecule has 0 aliphatic rings. The number of aryl methyl sites for hydroxylation is 2. The first-order valence-corrected chi connectivity index (χ1v) is 7.53. The van der Waals surface area contributed by atoms with Gasteiger partial charge < -0.3 is 5.73 Å². The van der Waals surface area contributed by atoms with E-state index in [0.717, 1.165) is 23.3 Å². The Kier molecular flexibility index (Phi) is 3.87. The van der Waals surface area contributed by atoms with E-state index < -0.39 is 26.6 Å². The van der Waals surface area contributed by atoms with Crippen LogP contribution in [0.5, 0.6) is 0 Å². The molecule has 0 radical (unpaired) electrons. The third-order valence-corrected chi connectivity index (χ3v) is 4.20. The van der Waals surface area contributed by atoms with Gasteiger partial charge in [-0.2, -0.15) is 0 Å². The summed E-state index contributed by atoms with van der Waals surface area (Å²) in [5, 5.41) is 0. The third kappa shape index (κ3) is 3.30. The van der Waals surface area contributed by atoms with Crippen LogP contribution in [0, 0.1) is 25.5 Å². The first-order valence-electron chi connectivity index (χ1n) is 6.04. The fourth-order valence-corrected chi connectivity index (χ4v) is 3.24. The molecule has 0 spiro atoms. The van der Waals surface area contributed by atoms with Gasteiger partial charge in [0.15, 0.2) is 4.90 Å². The van der Waals surface area contributed by atoms with Gasteiger partial charge in [-0.15, -0.1) is 0 Å². The van der Waals surface area contributed by atoms with Gasteiger partial charge in [-0.1, -0.05) is 6.07 Å². The van der Waals surface area contributed by atoms with Crippen LogP contribution in [0.3, 0.4) is 0 Å². The highest BCUT2D eigenvalue weighted by Crippen LogP contribution is 2.25.